The van der Waals surface area contributed by atoms with Gasteiger partial charge in [-0.2, -0.15) is 0 Å². The van der Waals surface area contributed by atoms with Crippen LogP contribution in [0.1, 0.15) is 32.3 Å². The minimum absolute atomic E-state index is 0.00460. The molecule has 0 aliphatic carbocycles. The Morgan fingerprint density at radius 3 is 2.44 bits per heavy atom. The van der Waals surface area contributed by atoms with Crippen LogP contribution in [0.15, 0.2) is 23.1 Å². The number of rotatable bonds is 7. The molecular weight excluding hydrogens is 200 g/mol. The molecule has 1 rings (SSSR count). The van der Waals surface area contributed by atoms with Crippen molar-refractivity contribution in [2.45, 2.75) is 33.1 Å². The van der Waals surface area contributed by atoms with Gasteiger partial charge in [-0.25, -0.2) is 0 Å². The Balaban J connectivity index is 2.44. The summed E-state index contributed by atoms with van der Waals surface area (Å²) in [6.45, 7) is 7.75. The Kier molecular flexibility index (Phi) is 5.86. The zero-order valence-electron chi connectivity index (χ0n) is 10.3. The van der Waals surface area contributed by atoms with Crippen LogP contribution in [0.2, 0.25) is 0 Å². The number of nitrogens with one attached hydrogen (secondary N) is 1. The Bertz CT molecular complexity index is 340. The quantitative estimate of drug-likeness (QED) is 0.766. The predicted molar refractivity (Wildman–Crippen MR) is 67.8 cm³/mol. The SMILES string of the molecule is CCCN(CCC)CCc1cc[nH]c(=O)c1. The van der Waals surface area contributed by atoms with Gasteiger partial charge < -0.3 is 9.88 Å². The Labute approximate surface area is 97.5 Å². The molecule has 0 amide bonds. The van der Waals surface area contributed by atoms with Crippen LogP contribution in [-0.4, -0.2) is 29.5 Å². The topological polar surface area (TPSA) is 36.1 Å². The molecule has 0 spiro atoms. The molecule has 0 fully saturated rings. The molecular formula is C13H22N2O. The van der Waals surface area contributed by atoms with E-state index in [1.54, 1.807) is 12.3 Å². The first-order chi connectivity index (χ1) is 7.76. The van der Waals surface area contributed by atoms with Crippen molar-refractivity contribution >= 4 is 0 Å². The lowest BCUT2D eigenvalue weighted by atomic mass is 10.2. The maximum atomic E-state index is 11.1. The average Bonchev–Trinajstić information content (AvgIpc) is 2.27. The number of hydrogen-bond donors (Lipinski definition) is 1. The van der Waals surface area contributed by atoms with Crippen LogP contribution in [0.3, 0.4) is 0 Å². The molecule has 90 valence electrons. The smallest absolute Gasteiger partial charge is 0.248 e. The molecule has 0 radical (unpaired) electrons. The molecule has 3 heteroatoms. The zero-order chi connectivity index (χ0) is 11.8. The minimum Gasteiger partial charge on any atom is -0.329 e. The van der Waals surface area contributed by atoms with Crippen LogP contribution >= 0.6 is 0 Å². The van der Waals surface area contributed by atoms with E-state index in [0.717, 1.165) is 31.6 Å². The number of pyridine rings is 1. The van der Waals surface area contributed by atoms with Crippen molar-refractivity contribution in [3.05, 3.63) is 34.2 Å². The van der Waals surface area contributed by atoms with Crippen LogP contribution < -0.4 is 5.56 Å². The van der Waals surface area contributed by atoms with Gasteiger partial charge in [-0.05, 0) is 44.0 Å². The molecule has 0 atom stereocenters. The second-order valence-corrected chi connectivity index (χ2v) is 4.15. The fourth-order valence-corrected chi connectivity index (χ4v) is 1.90. The second-order valence-electron chi connectivity index (χ2n) is 4.15. The molecule has 1 aromatic rings. The Morgan fingerprint density at radius 2 is 1.88 bits per heavy atom. The van der Waals surface area contributed by atoms with E-state index in [9.17, 15) is 4.79 Å². The summed E-state index contributed by atoms with van der Waals surface area (Å²) < 4.78 is 0. The van der Waals surface area contributed by atoms with E-state index in [0.29, 0.717) is 0 Å². The number of nitrogens with zero attached hydrogens (tertiary/aromatic N) is 1. The zero-order valence-corrected chi connectivity index (χ0v) is 10.3. The molecule has 0 aliphatic rings. The lowest BCUT2D eigenvalue weighted by Crippen LogP contribution is -2.28. The third kappa shape index (κ3) is 4.62. The Hall–Kier alpha value is -1.09. The van der Waals surface area contributed by atoms with Gasteiger partial charge in [-0.3, -0.25) is 4.79 Å². The molecule has 0 aromatic carbocycles. The maximum absolute atomic E-state index is 11.1. The van der Waals surface area contributed by atoms with Crippen molar-refractivity contribution in [3.8, 4) is 0 Å². The van der Waals surface area contributed by atoms with E-state index < -0.39 is 0 Å². The van der Waals surface area contributed by atoms with Crippen molar-refractivity contribution in [1.82, 2.24) is 9.88 Å². The van der Waals surface area contributed by atoms with Gasteiger partial charge in [-0.1, -0.05) is 13.8 Å². The molecule has 16 heavy (non-hydrogen) atoms. The van der Waals surface area contributed by atoms with Crippen LogP contribution in [-0.2, 0) is 6.42 Å². The summed E-state index contributed by atoms with van der Waals surface area (Å²) in [6.07, 6.45) is 5.07. The largest absolute Gasteiger partial charge is 0.329 e. The monoisotopic (exact) mass is 222 g/mol. The predicted octanol–water partition coefficient (Wildman–Crippen LogP) is 2.04. The summed E-state index contributed by atoms with van der Waals surface area (Å²) in [5, 5.41) is 0. The van der Waals surface area contributed by atoms with Crippen LogP contribution in [0, 0.1) is 0 Å². The van der Waals surface area contributed by atoms with Gasteiger partial charge >= 0.3 is 0 Å². The number of H-pyrrole nitrogens is 1. The lowest BCUT2D eigenvalue weighted by Gasteiger charge is -2.20. The molecule has 0 unspecified atom stereocenters. The van der Waals surface area contributed by atoms with E-state index in [4.69, 9.17) is 0 Å². The maximum Gasteiger partial charge on any atom is 0.248 e. The standard InChI is InChI=1S/C13H22N2O/c1-3-8-15(9-4-2)10-6-12-5-7-14-13(16)11-12/h5,7,11H,3-4,6,8-10H2,1-2H3,(H,14,16). The van der Waals surface area contributed by atoms with Crippen molar-refractivity contribution in [2.24, 2.45) is 0 Å². The van der Waals surface area contributed by atoms with Gasteiger partial charge in [0.2, 0.25) is 5.56 Å². The third-order valence-corrected chi connectivity index (χ3v) is 2.64. The summed E-state index contributed by atoms with van der Waals surface area (Å²) in [6, 6.07) is 3.67. The van der Waals surface area contributed by atoms with Crippen molar-refractivity contribution < 1.29 is 0 Å². The highest BCUT2D eigenvalue weighted by Gasteiger charge is 2.02. The van der Waals surface area contributed by atoms with E-state index >= 15 is 0 Å². The van der Waals surface area contributed by atoms with E-state index in [1.807, 2.05) is 6.07 Å². The average molecular weight is 222 g/mol. The van der Waals surface area contributed by atoms with Crippen LogP contribution in [0.4, 0.5) is 0 Å². The summed E-state index contributed by atoms with van der Waals surface area (Å²) in [4.78, 5) is 16.2. The molecule has 0 saturated carbocycles. The summed E-state index contributed by atoms with van der Waals surface area (Å²) in [5.74, 6) is 0. The third-order valence-electron chi connectivity index (χ3n) is 2.64. The molecule has 1 N–H and O–H groups in total. The fraction of sp³-hybridized carbons (Fsp3) is 0.615. The van der Waals surface area contributed by atoms with E-state index in [-0.39, 0.29) is 5.56 Å². The number of hydrogen-bond acceptors (Lipinski definition) is 2. The molecule has 0 bridgehead atoms. The fourth-order valence-electron chi connectivity index (χ4n) is 1.90. The van der Waals surface area contributed by atoms with Gasteiger partial charge in [0.1, 0.15) is 0 Å². The minimum atomic E-state index is -0.00460. The van der Waals surface area contributed by atoms with Crippen molar-refractivity contribution in [1.29, 1.82) is 0 Å². The molecule has 1 aromatic heterocycles. The Morgan fingerprint density at radius 1 is 1.19 bits per heavy atom. The van der Waals surface area contributed by atoms with Crippen molar-refractivity contribution in [3.63, 3.8) is 0 Å². The number of aromatic amines is 1. The lowest BCUT2D eigenvalue weighted by molar-refractivity contribution is 0.278. The molecule has 0 saturated heterocycles. The molecule has 0 aliphatic heterocycles. The summed E-state index contributed by atoms with van der Waals surface area (Å²) in [7, 11) is 0. The van der Waals surface area contributed by atoms with Crippen molar-refractivity contribution in [2.75, 3.05) is 19.6 Å². The highest BCUT2D eigenvalue weighted by molar-refractivity contribution is 5.10. The first kappa shape index (κ1) is 13.0. The van der Waals surface area contributed by atoms with Gasteiger partial charge in [0.25, 0.3) is 0 Å². The first-order valence-electron chi connectivity index (χ1n) is 6.16. The van der Waals surface area contributed by atoms with Gasteiger partial charge in [0.15, 0.2) is 0 Å². The highest BCUT2D eigenvalue weighted by atomic mass is 16.1. The van der Waals surface area contributed by atoms with Crippen LogP contribution in [0.5, 0.6) is 0 Å². The summed E-state index contributed by atoms with van der Waals surface area (Å²) in [5.41, 5.74) is 1.12. The van der Waals surface area contributed by atoms with E-state index in [1.165, 1.54) is 12.8 Å². The van der Waals surface area contributed by atoms with Gasteiger partial charge in [0.05, 0.1) is 0 Å². The second kappa shape index (κ2) is 7.23. The van der Waals surface area contributed by atoms with Gasteiger partial charge in [0, 0.05) is 18.8 Å². The normalized spacial score (nSPS) is 10.9. The molecule has 1 heterocycles. The van der Waals surface area contributed by atoms with E-state index in [2.05, 4.69) is 23.7 Å². The number of aromatic nitrogens is 1. The van der Waals surface area contributed by atoms with Gasteiger partial charge in [-0.15, -0.1) is 0 Å². The first-order valence-corrected chi connectivity index (χ1v) is 6.16. The highest BCUT2D eigenvalue weighted by Crippen LogP contribution is 2.00. The van der Waals surface area contributed by atoms with Crippen LogP contribution in [0.25, 0.3) is 0 Å². The summed E-state index contributed by atoms with van der Waals surface area (Å²) >= 11 is 0. The molecule has 3 nitrogen and oxygen atoms in total.